The molecule has 3 aromatic carbocycles. The van der Waals surface area contributed by atoms with Crippen LogP contribution in [-0.2, 0) is 0 Å². The van der Waals surface area contributed by atoms with Crippen molar-refractivity contribution in [2.24, 2.45) is 0 Å². The molecule has 0 nitrogen and oxygen atoms in total. The first kappa shape index (κ1) is 10.4. The maximum Gasteiger partial charge on any atom is 0.0562 e. The van der Waals surface area contributed by atoms with Gasteiger partial charge in [0.2, 0.25) is 0 Å². The zero-order chi connectivity index (χ0) is 12.1. The van der Waals surface area contributed by atoms with Crippen LogP contribution in [0.5, 0.6) is 0 Å². The molecule has 0 amide bonds. The number of hydrogen-bond acceptors (Lipinski definition) is 0. The summed E-state index contributed by atoms with van der Waals surface area (Å²) >= 11 is 6.57. The third kappa shape index (κ3) is 1.39. The van der Waals surface area contributed by atoms with Crippen LogP contribution in [0.4, 0.5) is 0 Å². The second-order valence-electron chi connectivity index (χ2n) is 5.09. The van der Waals surface area contributed by atoms with E-state index in [9.17, 15) is 0 Å². The molecule has 0 unspecified atom stereocenters. The highest BCUT2D eigenvalue weighted by Crippen LogP contribution is 2.48. The predicted molar refractivity (Wildman–Crippen MR) is 78.4 cm³/mol. The van der Waals surface area contributed by atoms with E-state index in [-0.39, 0.29) is 0 Å². The van der Waals surface area contributed by atoms with Crippen LogP contribution in [0.15, 0.2) is 48.5 Å². The molecule has 3 aromatic rings. The van der Waals surface area contributed by atoms with Crippen LogP contribution in [-0.4, -0.2) is 0 Å². The quantitative estimate of drug-likeness (QED) is 0.500. The summed E-state index contributed by atoms with van der Waals surface area (Å²) in [5.41, 5.74) is 1.51. The van der Waals surface area contributed by atoms with Gasteiger partial charge in [-0.3, -0.25) is 0 Å². The number of fused-ring (bicyclic) bond motifs is 2. The van der Waals surface area contributed by atoms with Gasteiger partial charge < -0.3 is 0 Å². The Kier molecular flexibility index (Phi) is 2.15. The molecule has 0 aliphatic heterocycles. The van der Waals surface area contributed by atoms with Crippen LogP contribution in [0, 0.1) is 0 Å². The number of benzene rings is 3. The number of rotatable bonds is 1. The average molecular weight is 253 g/mol. The fourth-order valence-electron chi connectivity index (χ4n) is 2.92. The van der Waals surface area contributed by atoms with E-state index in [1.165, 1.54) is 39.9 Å². The maximum absolute atomic E-state index is 6.57. The largest absolute Gasteiger partial charge is 0.0830 e. The van der Waals surface area contributed by atoms with E-state index in [0.29, 0.717) is 0 Å². The average Bonchev–Trinajstić information content (AvgIpc) is 3.24. The Hall–Kier alpha value is -1.53. The number of hydrogen-bond donors (Lipinski definition) is 0. The van der Waals surface area contributed by atoms with E-state index < -0.39 is 0 Å². The second-order valence-corrected chi connectivity index (χ2v) is 5.47. The molecule has 18 heavy (non-hydrogen) atoms. The van der Waals surface area contributed by atoms with E-state index in [2.05, 4.69) is 48.5 Å². The summed E-state index contributed by atoms with van der Waals surface area (Å²) in [5, 5.41) is 5.96. The number of halogens is 1. The molecule has 1 fully saturated rings. The van der Waals surface area contributed by atoms with Gasteiger partial charge in [-0.1, -0.05) is 60.1 Å². The Morgan fingerprint density at radius 1 is 0.722 bits per heavy atom. The van der Waals surface area contributed by atoms with E-state index in [1.807, 2.05) is 0 Å². The lowest BCUT2D eigenvalue weighted by atomic mass is 9.94. The minimum atomic E-state index is 0.733. The van der Waals surface area contributed by atoms with Crippen LogP contribution in [0.2, 0.25) is 5.02 Å². The Bertz CT molecular complexity index is 697. The lowest BCUT2D eigenvalue weighted by Crippen LogP contribution is -1.88. The van der Waals surface area contributed by atoms with E-state index >= 15 is 0 Å². The van der Waals surface area contributed by atoms with Crippen molar-refractivity contribution in [3.8, 4) is 0 Å². The molecule has 0 N–H and O–H groups in total. The molecule has 0 spiro atoms. The SMILES string of the molecule is Clc1c2ccccc2c(C2CC2)c2ccccc12. The van der Waals surface area contributed by atoms with Crippen molar-refractivity contribution in [1.29, 1.82) is 0 Å². The maximum atomic E-state index is 6.57. The molecular formula is C17H13Cl. The topological polar surface area (TPSA) is 0 Å². The van der Waals surface area contributed by atoms with Gasteiger partial charge in [-0.25, -0.2) is 0 Å². The molecule has 0 radical (unpaired) electrons. The van der Waals surface area contributed by atoms with Crippen LogP contribution in [0.3, 0.4) is 0 Å². The van der Waals surface area contributed by atoms with Gasteiger partial charge in [-0.05, 0) is 35.1 Å². The molecule has 0 bridgehead atoms. The highest BCUT2D eigenvalue weighted by Gasteiger charge is 2.28. The van der Waals surface area contributed by atoms with Crippen molar-refractivity contribution in [2.45, 2.75) is 18.8 Å². The fourth-order valence-corrected chi connectivity index (χ4v) is 3.25. The first-order chi connectivity index (χ1) is 8.86. The van der Waals surface area contributed by atoms with E-state index in [4.69, 9.17) is 11.6 Å². The van der Waals surface area contributed by atoms with E-state index in [1.54, 1.807) is 0 Å². The Morgan fingerprint density at radius 2 is 1.17 bits per heavy atom. The highest BCUT2D eigenvalue weighted by atomic mass is 35.5. The van der Waals surface area contributed by atoms with Gasteiger partial charge in [0.05, 0.1) is 5.02 Å². The van der Waals surface area contributed by atoms with Gasteiger partial charge >= 0.3 is 0 Å². The summed E-state index contributed by atoms with van der Waals surface area (Å²) in [7, 11) is 0. The van der Waals surface area contributed by atoms with Crippen LogP contribution in [0.1, 0.15) is 24.3 Å². The van der Waals surface area contributed by atoms with Crippen molar-refractivity contribution in [2.75, 3.05) is 0 Å². The van der Waals surface area contributed by atoms with Gasteiger partial charge in [0.15, 0.2) is 0 Å². The Balaban J connectivity index is 2.28. The van der Waals surface area contributed by atoms with Gasteiger partial charge in [-0.2, -0.15) is 0 Å². The summed E-state index contributed by atoms with van der Waals surface area (Å²) in [6.07, 6.45) is 2.63. The first-order valence-corrected chi connectivity index (χ1v) is 6.83. The summed E-state index contributed by atoms with van der Waals surface area (Å²) in [4.78, 5) is 0. The fraction of sp³-hybridized carbons (Fsp3) is 0.176. The Labute approximate surface area is 111 Å². The zero-order valence-electron chi connectivity index (χ0n) is 9.99. The molecule has 1 heteroatoms. The Morgan fingerprint density at radius 3 is 1.61 bits per heavy atom. The van der Waals surface area contributed by atoms with Crippen molar-refractivity contribution in [1.82, 2.24) is 0 Å². The second kappa shape index (κ2) is 3.73. The molecule has 4 rings (SSSR count). The summed E-state index contributed by atoms with van der Waals surface area (Å²) < 4.78 is 0. The van der Waals surface area contributed by atoms with Crippen LogP contribution in [0.25, 0.3) is 21.5 Å². The van der Waals surface area contributed by atoms with Gasteiger partial charge in [0.25, 0.3) is 0 Å². The predicted octanol–water partition coefficient (Wildman–Crippen LogP) is 5.52. The monoisotopic (exact) mass is 252 g/mol. The highest BCUT2D eigenvalue weighted by molar-refractivity contribution is 6.41. The van der Waals surface area contributed by atoms with Crippen molar-refractivity contribution in [3.63, 3.8) is 0 Å². The summed E-state index contributed by atoms with van der Waals surface area (Å²) in [5.74, 6) is 0.733. The van der Waals surface area contributed by atoms with Crippen molar-refractivity contribution < 1.29 is 0 Å². The third-order valence-electron chi connectivity index (χ3n) is 3.89. The molecule has 1 aliphatic carbocycles. The summed E-state index contributed by atoms with van der Waals surface area (Å²) in [6, 6.07) is 17.0. The van der Waals surface area contributed by atoms with Crippen LogP contribution < -0.4 is 0 Å². The molecule has 0 aromatic heterocycles. The normalized spacial score (nSPS) is 15.4. The van der Waals surface area contributed by atoms with Gasteiger partial charge in [0.1, 0.15) is 0 Å². The van der Waals surface area contributed by atoms with Crippen molar-refractivity contribution >= 4 is 33.1 Å². The first-order valence-electron chi connectivity index (χ1n) is 6.45. The molecule has 0 atom stereocenters. The molecule has 0 saturated heterocycles. The van der Waals surface area contributed by atoms with E-state index in [0.717, 1.165) is 10.9 Å². The smallest absolute Gasteiger partial charge is 0.0562 e. The minimum absolute atomic E-state index is 0.733. The molecular weight excluding hydrogens is 240 g/mol. The third-order valence-corrected chi connectivity index (χ3v) is 4.30. The molecule has 1 saturated carbocycles. The summed E-state index contributed by atoms with van der Waals surface area (Å²) in [6.45, 7) is 0. The molecule has 1 aliphatic rings. The standard InChI is InChI=1S/C17H13Cl/c18-17-14-7-3-1-5-12(14)16(11-9-10-11)13-6-2-4-8-15(13)17/h1-8,11H,9-10H2. The lowest BCUT2D eigenvalue weighted by Gasteiger charge is -2.12. The van der Waals surface area contributed by atoms with Crippen molar-refractivity contribution in [3.05, 3.63) is 59.1 Å². The lowest BCUT2D eigenvalue weighted by molar-refractivity contribution is 1.17. The van der Waals surface area contributed by atoms with Gasteiger partial charge in [0, 0.05) is 10.8 Å². The minimum Gasteiger partial charge on any atom is -0.0830 e. The zero-order valence-corrected chi connectivity index (χ0v) is 10.7. The van der Waals surface area contributed by atoms with Crippen LogP contribution >= 0.6 is 11.6 Å². The van der Waals surface area contributed by atoms with Gasteiger partial charge in [-0.15, -0.1) is 0 Å². The molecule has 88 valence electrons. The molecule has 0 heterocycles.